The van der Waals surface area contributed by atoms with Gasteiger partial charge in [-0.3, -0.25) is 0 Å². The van der Waals surface area contributed by atoms with Gasteiger partial charge in [0.2, 0.25) is 0 Å². The minimum atomic E-state index is 0.115. The van der Waals surface area contributed by atoms with E-state index >= 15 is 0 Å². The molecule has 0 radical (unpaired) electrons. The molecule has 2 heterocycles. The van der Waals surface area contributed by atoms with Crippen LogP contribution in [0.2, 0.25) is 0 Å². The van der Waals surface area contributed by atoms with Crippen molar-refractivity contribution in [2.24, 2.45) is 0 Å². The number of nitrogens with zero attached hydrogens (tertiary/aromatic N) is 2. The molecule has 0 amide bonds. The lowest BCUT2D eigenvalue weighted by molar-refractivity contribution is 0.245. The maximum atomic E-state index is 5.82. The van der Waals surface area contributed by atoms with Crippen molar-refractivity contribution in [2.45, 2.75) is 39.2 Å². The second-order valence-corrected chi connectivity index (χ2v) is 6.00. The number of aromatic nitrogens is 1. The van der Waals surface area contributed by atoms with Crippen LogP contribution < -0.4 is 15.8 Å². The van der Waals surface area contributed by atoms with Gasteiger partial charge in [-0.25, -0.2) is 0 Å². The fourth-order valence-corrected chi connectivity index (χ4v) is 2.94. The first kappa shape index (κ1) is 14.4. The number of hydrogen-bond donors (Lipinski definition) is 2. The Morgan fingerprint density at radius 3 is 2.84 bits per heavy atom. The average Bonchev–Trinajstić information content (AvgIpc) is 2.98. The van der Waals surface area contributed by atoms with Crippen molar-refractivity contribution in [2.75, 3.05) is 37.2 Å². The second kappa shape index (κ2) is 6.96. The van der Waals surface area contributed by atoms with Gasteiger partial charge in [-0.05, 0) is 64.3 Å². The van der Waals surface area contributed by atoms with Gasteiger partial charge in [-0.1, -0.05) is 0 Å². The number of likely N-dealkylation sites (tertiary alicyclic amines) is 1. The van der Waals surface area contributed by atoms with Crippen molar-refractivity contribution >= 4 is 22.4 Å². The molecule has 0 unspecified atom stereocenters. The molecule has 1 aromatic rings. The van der Waals surface area contributed by atoms with Crippen LogP contribution in [0.1, 0.15) is 33.1 Å². The van der Waals surface area contributed by atoms with E-state index in [1.807, 2.05) is 13.8 Å². The molecule has 6 heteroatoms. The van der Waals surface area contributed by atoms with Gasteiger partial charge in [-0.2, -0.15) is 4.37 Å². The summed E-state index contributed by atoms with van der Waals surface area (Å²) in [5.41, 5.74) is 5.82. The molecule has 1 fully saturated rings. The zero-order valence-corrected chi connectivity index (χ0v) is 12.6. The number of hydrogen-bond acceptors (Lipinski definition) is 6. The van der Waals surface area contributed by atoms with Crippen LogP contribution in [-0.2, 0) is 0 Å². The van der Waals surface area contributed by atoms with Gasteiger partial charge >= 0.3 is 0 Å². The first-order valence-electron chi connectivity index (χ1n) is 7.05. The third-order valence-corrected chi connectivity index (χ3v) is 3.96. The molecule has 0 aromatic carbocycles. The van der Waals surface area contributed by atoms with Crippen LogP contribution in [0.4, 0.5) is 10.8 Å². The molecule has 108 valence electrons. The van der Waals surface area contributed by atoms with Gasteiger partial charge < -0.3 is 20.7 Å². The summed E-state index contributed by atoms with van der Waals surface area (Å²) in [7, 11) is 0. The first-order valence-corrected chi connectivity index (χ1v) is 7.82. The molecule has 1 aromatic heterocycles. The van der Waals surface area contributed by atoms with E-state index in [9.17, 15) is 0 Å². The summed E-state index contributed by atoms with van der Waals surface area (Å²) in [5.74, 6) is 1.20. The van der Waals surface area contributed by atoms with E-state index in [1.165, 1.54) is 44.0 Å². The lowest BCUT2D eigenvalue weighted by Crippen LogP contribution is -2.22. The molecular weight excluding hydrogens is 260 g/mol. The maximum Gasteiger partial charge on any atom is 0.197 e. The fraction of sp³-hybridized carbons (Fsp3) is 0.769. The minimum Gasteiger partial charge on any atom is -0.484 e. The van der Waals surface area contributed by atoms with Gasteiger partial charge in [0.05, 0.1) is 6.10 Å². The molecule has 2 rings (SSSR count). The second-order valence-electron chi connectivity index (χ2n) is 5.22. The maximum absolute atomic E-state index is 5.82. The lowest BCUT2D eigenvalue weighted by atomic mass is 10.4. The molecule has 0 spiro atoms. The molecule has 0 aliphatic carbocycles. The summed E-state index contributed by atoms with van der Waals surface area (Å²) >= 11 is 1.38. The van der Waals surface area contributed by atoms with Crippen LogP contribution in [-0.4, -0.2) is 41.6 Å². The van der Waals surface area contributed by atoms with E-state index in [0.717, 1.165) is 18.0 Å². The van der Waals surface area contributed by atoms with E-state index in [-0.39, 0.29) is 6.10 Å². The van der Waals surface area contributed by atoms with Crippen molar-refractivity contribution in [1.29, 1.82) is 0 Å². The highest BCUT2D eigenvalue weighted by molar-refractivity contribution is 7.11. The monoisotopic (exact) mass is 284 g/mol. The molecule has 3 N–H and O–H groups in total. The van der Waals surface area contributed by atoms with Gasteiger partial charge in [-0.15, -0.1) is 0 Å². The standard InChI is InChI=1S/C13H24N4OS/c1-10(2)18-11-12(14)16-19-13(11)15-6-5-9-17-7-3-4-8-17/h10,15H,3-9H2,1-2H3,(H2,14,16). The fourth-order valence-electron chi connectivity index (χ4n) is 2.27. The molecule has 1 saturated heterocycles. The van der Waals surface area contributed by atoms with E-state index in [1.54, 1.807) is 0 Å². The Hall–Kier alpha value is -1.01. The Kier molecular flexibility index (Phi) is 5.27. The first-order chi connectivity index (χ1) is 9.16. The zero-order valence-electron chi connectivity index (χ0n) is 11.8. The van der Waals surface area contributed by atoms with Gasteiger partial charge in [0, 0.05) is 6.54 Å². The molecule has 1 aliphatic rings. The largest absolute Gasteiger partial charge is 0.484 e. The normalized spacial score (nSPS) is 16.2. The Labute approximate surface area is 119 Å². The van der Waals surface area contributed by atoms with Crippen molar-refractivity contribution < 1.29 is 4.74 Å². The van der Waals surface area contributed by atoms with Crippen LogP contribution in [0.15, 0.2) is 0 Å². The lowest BCUT2D eigenvalue weighted by Gasteiger charge is -2.15. The van der Waals surface area contributed by atoms with Crippen LogP contribution in [0.5, 0.6) is 5.75 Å². The Morgan fingerprint density at radius 2 is 2.16 bits per heavy atom. The van der Waals surface area contributed by atoms with Crippen molar-refractivity contribution in [3.05, 3.63) is 0 Å². The summed E-state index contributed by atoms with van der Waals surface area (Å²) in [6, 6.07) is 0. The third-order valence-electron chi connectivity index (χ3n) is 3.16. The summed E-state index contributed by atoms with van der Waals surface area (Å²) in [4.78, 5) is 2.52. The highest BCUT2D eigenvalue weighted by atomic mass is 32.1. The SMILES string of the molecule is CC(C)Oc1c(N)nsc1NCCCN1CCCC1. The minimum absolute atomic E-state index is 0.115. The molecule has 0 bridgehead atoms. The average molecular weight is 284 g/mol. The summed E-state index contributed by atoms with van der Waals surface area (Å²) in [6.45, 7) is 8.61. The third kappa shape index (κ3) is 4.24. The molecule has 0 atom stereocenters. The topological polar surface area (TPSA) is 63.4 Å². The molecule has 1 aliphatic heterocycles. The predicted octanol–water partition coefficient (Wildman–Crippen LogP) is 2.41. The predicted molar refractivity (Wildman–Crippen MR) is 81.1 cm³/mol. The smallest absolute Gasteiger partial charge is 0.197 e. The van der Waals surface area contributed by atoms with Gasteiger partial charge in [0.15, 0.2) is 16.6 Å². The van der Waals surface area contributed by atoms with E-state index in [4.69, 9.17) is 10.5 Å². The Bertz CT molecular complexity index is 388. The van der Waals surface area contributed by atoms with Crippen LogP contribution in [0.3, 0.4) is 0 Å². The zero-order chi connectivity index (χ0) is 13.7. The number of nitrogens with two attached hydrogens (primary N) is 1. The number of ether oxygens (including phenoxy) is 1. The number of anilines is 2. The van der Waals surface area contributed by atoms with E-state index in [2.05, 4.69) is 14.6 Å². The van der Waals surface area contributed by atoms with Crippen molar-refractivity contribution in [1.82, 2.24) is 9.27 Å². The van der Waals surface area contributed by atoms with Gasteiger partial charge in [0.25, 0.3) is 0 Å². The van der Waals surface area contributed by atoms with Gasteiger partial charge in [0.1, 0.15) is 0 Å². The van der Waals surface area contributed by atoms with Crippen LogP contribution in [0, 0.1) is 0 Å². The van der Waals surface area contributed by atoms with E-state index in [0.29, 0.717) is 11.6 Å². The number of nitrogen functional groups attached to an aromatic ring is 1. The van der Waals surface area contributed by atoms with Crippen molar-refractivity contribution in [3.8, 4) is 5.75 Å². The van der Waals surface area contributed by atoms with E-state index < -0.39 is 0 Å². The summed E-state index contributed by atoms with van der Waals surface area (Å²) in [6.07, 6.45) is 3.96. The highest BCUT2D eigenvalue weighted by Gasteiger charge is 2.14. The highest BCUT2D eigenvalue weighted by Crippen LogP contribution is 2.35. The molecule has 0 saturated carbocycles. The molecule has 19 heavy (non-hydrogen) atoms. The summed E-state index contributed by atoms with van der Waals surface area (Å²) < 4.78 is 9.84. The Morgan fingerprint density at radius 1 is 1.42 bits per heavy atom. The number of rotatable bonds is 7. The van der Waals surface area contributed by atoms with Crippen LogP contribution >= 0.6 is 11.5 Å². The Balaban J connectivity index is 1.75. The quantitative estimate of drug-likeness (QED) is 0.753. The number of nitrogens with one attached hydrogen (secondary N) is 1. The molecular formula is C13H24N4OS. The molecule has 5 nitrogen and oxygen atoms in total. The van der Waals surface area contributed by atoms with Crippen molar-refractivity contribution in [3.63, 3.8) is 0 Å². The van der Waals surface area contributed by atoms with Crippen LogP contribution in [0.25, 0.3) is 0 Å². The summed E-state index contributed by atoms with van der Waals surface area (Å²) in [5, 5.41) is 4.34.